The molecular formula is C42H78N12O13. The Kier molecular flexibility index (Phi) is 30.3. The molecule has 0 spiro atoms. The Bertz CT molecular complexity index is 1630. The summed E-state index contributed by atoms with van der Waals surface area (Å²) < 4.78 is 0. The fraction of sp³-hybridized carbons (Fsp3) is 0.762. The quantitative estimate of drug-likeness (QED) is 0.0268. The van der Waals surface area contributed by atoms with Crippen LogP contribution in [0.4, 0.5) is 0 Å². The molecule has 25 heteroatoms. The average molecular weight is 959 g/mol. The number of rotatable bonds is 35. The van der Waals surface area contributed by atoms with Gasteiger partial charge in [0.15, 0.2) is 0 Å². The van der Waals surface area contributed by atoms with Crippen LogP contribution in [0.2, 0.25) is 0 Å². The second-order valence-electron chi connectivity index (χ2n) is 17.1. The maximum atomic E-state index is 14.0. The summed E-state index contributed by atoms with van der Waals surface area (Å²) in [5.74, 6) is -10.3. The van der Waals surface area contributed by atoms with Gasteiger partial charge in [0.1, 0.15) is 42.3 Å². The van der Waals surface area contributed by atoms with Gasteiger partial charge in [-0.1, -0.05) is 27.7 Å². The van der Waals surface area contributed by atoms with Crippen LogP contribution in [0.5, 0.6) is 0 Å². The molecule has 0 bridgehead atoms. The minimum atomic E-state index is -1.67. The predicted molar refractivity (Wildman–Crippen MR) is 245 cm³/mol. The predicted octanol–water partition coefficient (Wildman–Crippen LogP) is -4.13. The molecule has 0 unspecified atom stereocenters. The van der Waals surface area contributed by atoms with Crippen molar-refractivity contribution in [3.8, 4) is 0 Å². The van der Waals surface area contributed by atoms with Crippen molar-refractivity contribution in [3.63, 3.8) is 0 Å². The number of aliphatic hydroxyl groups is 1. The Morgan fingerprint density at radius 1 is 0.463 bits per heavy atom. The molecule has 0 fully saturated rings. The number of aliphatic carboxylic acids is 2. The van der Waals surface area contributed by atoms with Crippen LogP contribution in [-0.2, 0) is 47.9 Å². The first-order valence-corrected chi connectivity index (χ1v) is 22.8. The summed E-state index contributed by atoms with van der Waals surface area (Å²) >= 11 is 0. The Balaban J connectivity index is 6.48. The van der Waals surface area contributed by atoms with Gasteiger partial charge in [0.25, 0.3) is 0 Å². The van der Waals surface area contributed by atoms with Gasteiger partial charge in [0.05, 0.1) is 18.7 Å². The number of amides is 8. The number of carbonyl (C=O) groups excluding carboxylic acids is 8. The summed E-state index contributed by atoms with van der Waals surface area (Å²) in [7, 11) is 0. The molecule has 0 heterocycles. The normalized spacial score (nSPS) is 15.2. The number of hydrogen-bond donors (Lipinski definition) is 15. The zero-order valence-electron chi connectivity index (χ0n) is 39.7. The number of hydrogen-bond acceptors (Lipinski definition) is 15. The van der Waals surface area contributed by atoms with Crippen LogP contribution in [0.25, 0.3) is 0 Å². The van der Waals surface area contributed by atoms with E-state index in [1.807, 2.05) is 0 Å². The highest BCUT2D eigenvalue weighted by atomic mass is 16.4. The fourth-order valence-corrected chi connectivity index (χ4v) is 6.28. The van der Waals surface area contributed by atoms with Crippen LogP contribution in [0.1, 0.15) is 112 Å². The van der Waals surface area contributed by atoms with Crippen LogP contribution < -0.4 is 65.5 Å². The maximum absolute atomic E-state index is 14.0. The molecule has 0 aromatic carbocycles. The van der Waals surface area contributed by atoms with E-state index in [2.05, 4.69) is 42.5 Å². The molecule has 8 amide bonds. The standard InChI is InChI=1S/C42H78N12O13/c1-22(2)32(46)39(63)51-26(13-7-10-18-43)35(59)49-27(14-8-11-19-44)37(61)53-33(23(3)4)41(65)52-29(16-17-31(57)58)36(60)50-28(15-9-12-20-45)38(62)54-34(25(6)55)40(64)47-21-30(56)48-24(5)42(66)67/h22-29,32-34,55H,7-21,43-46H2,1-6H3,(H,47,64)(H,48,56)(H,49,59)(H,50,60)(H,51,63)(H,52,65)(H,53,61)(H,54,62)(H,57,58)(H,66,67)/t24-,25+,26-,27-,28-,29-,32-,33-,34-/m0/s1. The number of unbranched alkanes of at least 4 members (excludes halogenated alkanes) is 3. The molecule has 19 N–H and O–H groups in total. The topological polar surface area (TPSA) is 432 Å². The molecule has 0 aromatic rings. The van der Waals surface area contributed by atoms with E-state index >= 15 is 0 Å². The summed E-state index contributed by atoms with van der Waals surface area (Å²) in [6.45, 7) is 9.18. The smallest absolute Gasteiger partial charge is 0.325 e. The van der Waals surface area contributed by atoms with Crippen molar-refractivity contribution in [2.75, 3.05) is 26.2 Å². The summed E-state index contributed by atoms with van der Waals surface area (Å²) in [6, 6.07) is -10.5. The van der Waals surface area contributed by atoms with Crippen LogP contribution in [-0.4, -0.2) is 155 Å². The number of nitrogens with one attached hydrogen (secondary N) is 8. The highest BCUT2D eigenvalue weighted by Crippen LogP contribution is 2.11. The minimum Gasteiger partial charge on any atom is -0.481 e. The van der Waals surface area contributed by atoms with E-state index < -0.39 is 139 Å². The van der Waals surface area contributed by atoms with E-state index in [1.54, 1.807) is 27.7 Å². The number of carboxylic acids is 2. The lowest BCUT2D eigenvalue weighted by molar-refractivity contribution is -0.141. The van der Waals surface area contributed by atoms with Gasteiger partial charge in [-0.05, 0) is 110 Å². The maximum Gasteiger partial charge on any atom is 0.325 e. The molecule has 67 heavy (non-hydrogen) atoms. The third kappa shape index (κ3) is 24.7. The van der Waals surface area contributed by atoms with Crippen molar-refractivity contribution in [1.82, 2.24) is 42.5 Å². The Hall–Kier alpha value is -5.50. The molecule has 0 aromatic heterocycles. The number of aliphatic hydroxyl groups excluding tert-OH is 1. The molecule has 0 rings (SSSR count). The molecule has 0 aliphatic rings. The van der Waals surface area contributed by atoms with Crippen molar-refractivity contribution in [3.05, 3.63) is 0 Å². The van der Waals surface area contributed by atoms with Crippen molar-refractivity contribution >= 4 is 59.2 Å². The van der Waals surface area contributed by atoms with Crippen LogP contribution >= 0.6 is 0 Å². The Morgan fingerprint density at radius 2 is 0.851 bits per heavy atom. The van der Waals surface area contributed by atoms with E-state index in [4.69, 9.17) is 28.0 Å². The second kappa shape index (κ2) is 33.1. The first-order chi connectivity index (χ1) is 31.4. The molecule has 0 saturated heterocycles. The molecule has 9 atom stereocenters. The van der Waals surface area contributed by atoms with Gasteiger partial charge in [-0.3, -0.25) is 47.9 Å². The molecule has 384 valence electrons. The Labute approximate surface area is 391 Å². The lowest BCUT2D eigenvalue weighted by atomic mass is 10.00. The number of nitrogens with two attached hydrogens (primary N) is 4. The van der Waals surface area contributed by atoms with Crippen LogP contribution in [0, 0.1) is 11.8 Å². The summed E-state index contributed by atoms with van der Waals surface area (Å²) in [4.78, 5) is 130. The second-order valence-corrected chi connectivity index (χ2v) is 17.1. The summed E-state index contributed by atoms with van der Waals surface area (Å²) in [6.07, 6.45) is 0.144. The largest absolute Gasteiger partial charge is 0.481 e. The zero-order valence-corrected chi connectivity index (χ0v) is 39.7. The summed E-state index contributed by atoms with van der Waals surface area (Å²) in [5.41, 5.74) is 23.0. The summed E-state index contributed by atoms with van der Waals surface area (Å²) in [5, 5.41) is 48.5. The molecule has 25 nitrogen and oxygen atoms in total. The Morgan fingerprint density at radius 3 is 1.22 bits per heavy atom. The third-order valence-electron chi connectivity index (χ3n) is 10.5. The van der Waals surface area contributed by atoms with E-state index in [1.165, 1.54) is 13.8 Å². The van der Waals surface area contributed by atoms with E-state index in [0.29, 0.717) is 38.6 Å². The van der Waals surface area contributed by atoms with Gasteiger partial charge >= 0.3 is 11.9 Å². The van der Waals surface area contributed by atoms with Crippen molar-refractivity contribution in [2.24, 2.45) is 34.8 Å². The zero-order chi connectivity index (χ0) is 51.4. The third-order valence-corrected chi connectivity index (χ3v) is 10.5. The SMILES string of the molecule is CC(C)[C@H](N)C(=O)N[C@@H](CCCCN)C(=O)N[C@@H](CCCCN)C(=O)N[C@H](C(=O)N[C@@H](CCC(=O)O)C(=O)N[C@@H](CCCCN)C(=O)N[C@H](C(=O)NCC(=O)N[C@@H](C)C(=O)O)[C@@H](C)O)C(C)C. The lowest BCUT2D eigenvalue weighted by Crippen LogP contribution is -2.61. The lowest BCUT2D eigenvalue weighted by Gasteiger charge is -2.29. The van der Waals surface area contributed by atoms with E-state index in [0.717, 1.165) is 0 Å². The number of carbonyl (C=O) groups is 10. The van der Waals surface area contributed by atoms with E-state index in [9.17, 15) is 58.2 Å². The highest BCUT2D eigenvalue weighted by Gasteiger charge is 2.35. The number of carboxylic acid groups (broad SMARTS) is 2. The molecule has 0 radical (unpaired) electrons. The molecule has 0 aliphatic heterocycles. The fourth-order valence-electron chi connectivity index (χ4n) is 6.28. The average Bonchev–Trinajstić information content (AvgIpc) is 3.25. The first-order valence-electron chi connectivity index (χ1n) is 22.8. The molecule has 0 saturated carbocycles. The monoisotopic (exact) mass is 959 g/mol. The van der Waals surface area contributed by atoms with Gasteiger partial charge in [0.2, 0.25) is 47.3 Å². The van der Waals surface area contributed by atoms with Gasteiger partial charge < -0.3 is 80.8 Å². The van der Waals surface area contributed by atoms with Crippen molar-refractivity contribution < 1.29 is 63.3 Å². The molecular weight excluding hydrogens is 881 g/mol. The van der Waals surface area contributed by atoms with E-state index in [-0.39, 0.29) is 44.7 Å². The van der Waals surface area contributed by atoms with Crippen LogP contribution in [0.15, 0.2) is 0 Å². The first kappa shape index (κ1) is 61.5. The van der Waals surface area contributed by atoms with Gasteiger partial charge in [-0.15, -0.1) is 0 Å². The van der Waals surface area contributed by atoms with Crippen LogP contribution in [0.3, 0.4) is 0 Å². The molecule has 0 aliphatic carbocycles. The van der Waals surface area contributed by atoms with Gasteiger partial charge in [-0.25, -0.2) is 0 Å². The minimum absolute atomic E-state index is 0.0674. The van der Waals surface area contributed by atoms with Crippen molar-refractivity contribution in [2.45, 2.75) is 167 Å². The van der Waals surface area contributed by atoms with Gasteiger partial charge in [0, 0.05) is 6.42 Å². The highest BCUT2D eigenvalue weighted by molar-refractivity contribution is 5.98. The van der Waals surface area contributed by atoms with Gasteiger partial charge in [-0.2, -0.15) is 0 Å². The van der Waals surface area contributed by atoms with Crippen molar-refractivity contribution in [1.29, 1.82) is 0 Å².